The van der Waals surface area contributed by atoms with Crippen molar-refractivity contribution in [3.8, 4) is 0 Å². The Labute approximate surface area is 262 Å². The summed E-state index contributed by atoms with van der Waals surface area (Å²) in [6.45, 7) is 11.8. The summed E-state index contributed by atoms with van der Waals surface area (Å²) in [6, 6.07) is 46.7. The van der Waals surface area contributed by atoms with E-state index < -0.39 is 5.54 Å². The summed E-state index contributed by atoms with van der Waals surface area (Å²) in [5, 5.41) is 13.7. The molecule has 2 nitrogen and oxygen atoms in total. The van der Waals surface area contributed by atoms with Crippen molar-refractivity contribution in [2.24, 2.45) is 0 Å². The van der Waals surface area contributed by atoms with Crippen LogP contribution in [0, 0.1) is 0 Å². The van der Waals surface area contributed by atoms with Crippen LogP contribution in [0.4, 0.5) is 0 Å². The predicted octanol–water partition coefficient (Wildman–Crippen LogP) is 9.91. The highest BCUT2D eigenvalue weighted by Crippen LogP contribution is 2.40. The lowest BCUT2D eigenvalue weighted by atomic mass is 9.77. The molecule has 0 atom stereocenters. The van der Waals surface area contributed by atoms with Gasteiger partial charge in [-0.1, -0.05) is 183 Å². The zero-order valence-electron chi connectivity index (χ0n) is 24.6. The van der Waals surface area contributed by atoms with Crippen molar-refractivity contribution < 1.29 is 5.11 Å². The lowest BCUT2D eigenvalue weighted by Crippen LogP contribution is -2.45. The van der Waals surface area contributed by atoms with Crippen LogP contribution in [0.25, 0.3) is 18.2 Å². The second kappa shape index (κ2) is 18.1. The maximum absolute atomic E-state index is 9.26. The van der Waals surface area contributed by atoms with E-state index in [0.29, 0.717) is 18.0 Å². The van der Waals surface area contributed by atoms with E-state index in [1.807, 2.05) is 127 Å². The summed E-state index contributed by atoms with van der Waals surface area (Å²) < 4.78 is 0. The maximum Gasteiger partial charge on any atom is 0.0962 e. The van der Waals surface area contributed by atoms with Gasteiger partial charge in [0.05, 0.1) is 5.54 Å². The molecule has 0 saturated heterocycles. The van der Waals surface area contributed by atoms with Gasteiger partial charge < -0.3 is 5.11 Å². The number of aliphatic hydroxyl groups is 1. The van der Waals surface area contributed by atoms with Gasteiger partial charge in [0.1, 0.15) is 0 Å². The predicted molar refractivity (Wildman–Crippen MR) is 187 cm³/mol. The van der Waals surface area contributed by atoms with Gasteiger partial charge in [-0.15, -0.1) is 0 Å². The molecule has 0 spiro atoms. The van der Waals surface area contributed by atoms with Crippen molar-refractivity contribution in [1.29, 1.82) is 0 Å². The van der Waals surface area contributed by atoms with Crippen LogP contribution in [-0.2, 0) is 5.54 Å². The zero-order valence-corrected chi connectivity index (χ0v) is 25.3. The summed E-state index contributed by atoms with van der Waals surface area (Å²) in [5.41, 5.74) is 6.13. The molecule has 0 aliphatic carbocycles. The molecule has 3 heteroatoms. The number of benzene rings is 5. The minimum atomic E-state index is -0.573. The van der Waals surface area contributed by atoms with Crippen molar-refractivity contribution in [1.82, 2.24) is 5.32 Å². The number of hydrogen-bond donors (Lipinski definition) is 2. The monoisotopic (exact) mass is 585 g/mol. The van der Waals surface area contributed by atoms with Gasteiger partial charge in [-0.25, -0.2) is 0 Å². The van der Waals surface area contributed by atoms with Gasteiger partial charge >= 0.3 is 0 Å². The van der Waals surface area contributed by atoms with E-state index in [1.54, 1.807) is 0 Å². The summed E-state index contributed by atoms with van der Waals surface area (Å²) in [4.78, 5) is 0. The molecule has 5 aromatic carbocycles. The molecule has 0 aliphatic heterocycles. The fourth-order valence-electron chi connectivity index (χ4n) is 4.63. The average Bonchev–Trinajstić information content (AvgIpc) is 3.09. The van der Waals surface area contributed by atoms with Crippen LogP contribution in [0.5, 0.6) is 0 Å². The summed E-state index contributed by atoms with van der Waals surface area (Å²) in [5.74, 6) is 0. The molecule has 0 unspecified atom stereocenters. The molecule has 0 radical (unpaired) electrons. The van der Waals surface area contributed by atoms with Crippen LogP contribution < -0.4 is 5.32 Å². The van der Waals surface area contributed by atoms with E-state index in [4.69, 9.17) is 11.6 Å². The van der Waals surface area contributed by atoms with Crippen molar-refractivity contribution in [3.63, 3.8) is 0 Å². The molecule has 0 saturated carbocycles. The van der Waals surface area contributed by atoms with E-state index >= 15 is 0 Å². The van der Waals surface area contributed by atoms with Crippen molar-refractivity contribution in [3.05, 3.63) is 198 Å². The molecule has 0 aliphatic rings. The van der Waals surface area contributed by atoms with Gasteiger partial charge in [0.15, 0.2) is 0 Å². The first-order valence-electron chi connectivity index (χ1n) is 14.3. The Bertz CT molecular complexity index is 1450. The second-order valence-electron chi connectivity index (χ2n) is 9.66. The van der Waals surface area contributed by atoms with Gasteiger partial charge in [0.25, 0.3) is 0 Å². The highest BCUT2D eigenvalue weighted by Gasteiger charge is 2.37. The second-order valence-corrected chi connectivity index (χ2v) is 10.1. The number of hydrogen-bond acceptors (Lipinski definition) is 2. The number of nitrogens with one attached hydrogen (secondary N) is 1. The average molecular weight is 586 g/mol. The first kappa shape index (κ1) is 33.0. The smallest absolute Gasteiger partial charge is 0.0962 e. The van der Waals surface area contributed by atoms with Gasteiger partial charge in [-0.2, -0.15) is 0 Å². The SMILES string of the molecule is C=Cc1ccc(C=C)cc1.C=Cc1ccccc1.OCCCNC(c1ccccc1)(c1ccccc1)c1ccccc1Cl. The van der Waals surface area contributed by atoms with Crippen LogP contribution in [-0.4, -0.2) is 18.3 Å². The zero-order chi connectivity index (χ0) is 30.8. The molecule has 0 fully saturated rings. The molecule has 218 valence electrons. The Morgan fingerprint density at radius 3 is 1.35 bits per heavy atom. The van der Waals surface area contributed by atoms with E-state index in [-0.39, 0.29) is 6.61 Å². The first-order chi connectivity index (χ1) is 21.1. The van der Waals surface area contributed by atoms with Gasteiger partial charge in [0.2, 0.25) is 0 Å². The van der Waals surface area contributed by atoms with Crippen molar-refractivity contribution >= 4 is 29.8 Å². The molecule has 0 bridgehead atoms. The first-order valence-corrected chi connectivity index (χ1v) is 14.7. The molecule has 0 aromatic heterocycles. The van der Waals surface area contributed by atoms with E-state index in [0.717, 1.165) is 27.8 Å². The van der Waals surface area contributed by atoms with Crippen LogP contribution >= 0.6 is 11.6 Å². The minimum absolute atomic E-state index is 0.148. The van der Waals surface area contributed by atoms with Gasteiger partial charge in [0, 0.05) is 11.6 Å². The standard InChI is InChI=1S/C22H22ClNO.C10H10.C8H8/c23-21-15-8-7-14-20(21)22(24-16-9-17-25,18-10-3-1-4-11-18)19-12-5-2-6-13-19;1-3-9-5-7-10(4-2)8-6-9;1-2-8-6-4-3-5-7-8/h1-8,10-15,24-25H,9,16-17H2;3-8H,1-2H2;2-7H,1H2. The van der Waals surface area contributed by atoms with Gasteiger partial charge in [-0.3, -0.25) is 5.32 Å². The Morgan fingerprint density at radius 2 is 0.953 bits per heavy atom. The van der Waals surface area contributed by atoms with E-state index in [2.05, 4.69) is 55.4 Å². The molecular formula is C40H40ClNO. The molecule has 0 amide bonds. The van der Waals surface area contributed by atoms with E-state index in [1.165, 1.54) is 5.56 Å². The number of halogens is 1. The number of rotatable bonds is 10. The fraction of sp³-hybridized carbons (Fsp3) is 0.100. The van der Waals surface area contributed by atoms with Gasteiger partial charge in [-0.05, 0) is 52.4 Å². The molecule has 0 heterocycles. The van der Waals surface area contributed by atoms with Crippen LogP contribution in [0.2, 0.25) is 5.02 Å². The Morgan fingerprint density at radius 1 is 0.558 bits per heavy atom. The van der Waals surface area contributed by atoms with Crippen molar-refractivity contribution in [2.75, 3.05) is 13.2 Å². The Balaban J connectivity index is 0.000000229. The van der Waals surface area contributed by atoms with Crippen LogP contribution in [0.3, 0.4) is 0 Å². The largest absolute Gasteiger partial charge is 0.396 e. The highest BCUT2D eigenvalue weighted by molar-refractivity contribution is 6.31. The normalized spacial score (nSPS) is 10.3. The Hall–Kier alpha value is -4.47. The lowest BCUT2D eigenvalue weighted by molar-refractivity contribution is 0.280. The molecule has 43 heavy (non-hydrogen) atoms. The minimum Gasteiger partial charge on any atom is -0.396 e. The maximum atomic E-state index is 9.26. The summed E-state index contributed by atoms with van der Waals surface area (Å²) in [6.07, 6.45) is 6.16. The third-order valence-corrected chi connectivity index (χ3v) is 7.19. The fourth-order valence-corrected chi connectivity index (χ4v) is 4.91. The lowest BCUT2D eigenvalue weighted by Gasteiger charge is -2.37. The molecule has 5 rings (SSSR count). The number of aliphatic hydroxyl groups excluding tert-OH is 1. The topological polar surface area (TPSA) is 32.3 Å². The summed E-state index contributed by atoms with van der Waals surface area (Å²) in [7, 11) is 0. The van der Waals surface area contributed by atoms with E-state index in [9.17, 15) is 5.11 Å². The van der Waals surface area contributed by atoms with Crippen molar-refractivity contribution in [2.45, 2.75) is 12.0 Å². The Kier molecular flexibility index (Phi) is 13.9. The molecule has 5 aromatic rings. The van der Waals surface area contributed by atoms with Crippen LogP contribution in [0.15, 0.2) is 159 Å². The third-order valence-electron chi connectivity index (χ3n) is 6.86. The third kappa shape index (κ3) is 9.52. The molecular weight excluding hydrogens is 546 g/mol. The molecule has 2 N–H and O–H groups in total. The highest BCUT2D eigenvalue weighted by atomic mass is 35.5. The quantitative estimate of drug-likeness (QED) is 0.126. The summed E-state index contributed by atoms with van der Waals surface area (Å²) >= 11 is 6.63. The van der Waals surface area contributed by atoms with Crippen LogP contribution in [0.1, 0.15) is 39.8 Å².